The van der Waals surface area contributed by atoms with Crippen molar-refractivity contribution in [1.29, 1.82) is 0 Å². The molecule has 2 N–H and O–H groups in total. The highest BCUT2D eigenvalue weighted by molar-refractivity contribution is 6.03. The van der Waals surface area contributed by atoms with Gasteiger partial charge in [-0.1, -0.05) is 18.2 Å². The van der Waals surface area contributed by atoms with E-state index in [1.807, 2.05) is 0 Å². The Morgan fingerprint density at radius 2 is 1.87 bits per heavy atom. The van der Waals surface area contributed by atoms with Gasteiger partial charge in [-0.05, 0) is 30.3 Å². The minimum Gasteiger partial charge on any atom is -0.506 e. The summed E-state index contributed by atoms with van der Waals surface area (Å²) < 4.78 is 6.94. The van der Waals surface area contributed by atoms with Crippen molar-refractivity contribution in [2.24, 2.45) is 0 Å². The molecule has 2 aromatic heterocycles. The van der Waals surface area contributed by atoms with Gasteiger partial charge in [-0.25, -0.2) is 0 Å². The molecule has 6 nitrogen and oxygen atoms in total. The monoisotopic (exact) mass is 310 g/mol. The molecule has 0 aliphatic carbocycles. The summed E-state index contributed by atoms with van der Waals surface area (Å²) in [5.74, 6) is 0.0922. The molecule has 0 saturated carbocycles. The molecule has 6 heteroatoms. The number of amides is 1. The lowest BCUT2D eigenvalue weighted by molar-refractivity contribution is 0.0994. The van der Waals surface area contributed by atoms with Crippen molar-refractivity contribution in [2.75, 3.05) is 5.32 Å². The van der Waals surface area contributed by atoms with Crippen LogP contribution in [0.25, 0.3) is 0 Å². The van der Waals surface area contributed by atoms with Crippen LogP contribution in [0.2, 0.25) is 0 Å². The summed E-state index contributed by atoms with van der Waals surface area (Å²) in [5.41, 5.74) is 0.152. The predicted molar refractivity (Wildman–Crippen MR) is 84.6 cm³/mol. The highest BCUT2D eigenvalue weighted by Gasteiger charge is 2.13. The van der Waals surface area contributed by atoms with Gasteiger partial charge in [-0.3, -0.25) is 9.59 Å². The lowest BCUT2D eigenvalue weighted by Gasteiger charge is -2.05. The number of nitrogens with zero attached hydrogens (tertiary/aromatic N) is 1. The smallest absolute Gasteiger partial charge is 0.291 e. The van der Waals surface area contributed by atoms with Gasteiger partial charge in [0.05, 0.1) is 12.2 Å². The Kier molecular flexibility index (Phi) is 3.97. The zero-order chi connectivity index (χ0) is 16.2. The number of phenols is 1. The number of benzene rings is 1. The maximum Gasteiger partial charge on any atom is 0.291 e. The molecule has 0 radical (unpaired) electrons. The van der Waals surface area contributed by atoms with Crippen molar-refractivity contribution < 1.29 is 14.3 Å². The number of pyridine rings is 1. The second kappa shape index (κ2) is 6.23. The van der Waals surface area contributed by atoms with E-state index in [0.29, 0.717) is 11.4 Å². The van der Waals surface area contributed by atoms with Crippen molar-refractivity contribution >= 4 is 11.6 Å². The minimum absolute atomic E-state index is 0.0246. The first kappa shape index (κ1) is 14.6. The van der Waals surface area contributed by atoms with Gasteiger partial charge in [0.1, 0.15) is 11.5 Å². The number of rotatable bonds is 4. The summed E-state index contributed by atoms with van der Waals surface area (Å²) in [7, 11) is 0. The normalized spacial score (nSPS) is 10.4. The largest absolute Gasteiger partial charge is 0.506 e. The summed E-state index contributed by atoms with van der Waals surface area (Å²) in [4.78, 5) is 23.8. The number of anilines is 1. The Morgan fingerprint density at radius 3 is 2.65 bits per heavy atom. The number of hydrogen-bond donors (Lipinski definition) is 2. The Balaban J connectivity index is 1.74. The van der Waals surface area contributed by atoms with Crippen molar-refractivity contribution in [1.82, 2.24) is 4.57 Å². The van der Waals surface area contributed by atoms with Crippen molar-refractivity contribution in [2.45, 2.75) is 6.54 Å². The summed E-state index contributed by atoms with van der Waals surface area (Å²) in [5, 5.41) is 12.2. The van der Waals surface area contributed by atoms with E-state index in [1.165, 1.54) is 22.8 Å². The maximum atomic E-state index is 12.1. The van der Waals surface area contributed by atoms with E-state index < -0.39 is 5.91 Å². The second-order valence-electron chi connectivity index (χ2n) is 4.90. The summed E-state index contributed by atoms with van der Waals surface area (Å²) in [6.45, 7) is 0.240. The molecule has 23 heavy (non-hydrogen) atoms. The molecule has 0 fully saturated rings. The lowest BCUT2D eigenvalue weighted by atomic mass is 10.3. The van der Waals surface area contributed by atoms with E-state index >= 15 is 0 Å². The molecule has 3 aromatic rings. The van der Waals surface area contributed by atoms with Crippen molar-refractivity contribution in [3.8, 4) is 5.75 Å². The molecule has 116 valence electrons. The number of aromatic hydroxyl groups is 1. The number of carbonyl (C=O) groups excluding carboxylic acids is 1. The molecule has 3 rings (SSSR count). The minimum atomic E-state index is -0.474. The Morgan fingerprint density at radius 1 is 1.09 bits per heavy atom. The SMILES string of the molecule is O=C(Nc1ccccc1O)c1ccc(Cn2ccccc2=O)o1. The third-order valence-corrected chi connectivity index (χ3v) is 3.26. The molecule has 1 amide bonds. The van der Waals surface area contributed by atoms with Crippen LogP contribution in [-0.2, 0) is 6.54 Å². The van der Waals surface area contributed by atoms with Gasteiger partial charge >= 0.3 is 0 Å². The first-order valence-electron chi connectivity index (χ1n) is 6.97. The van der Waals surface area contributed by atoms with Gasteiger partial charge in [-0.2, -0.15) is 0 Å². The fourth-order valence-electron chi connectivity index (χ4n) is 2.11. The van der Waals surface area contributed by atoms with Crippen LogP contribution in [0.1, 0.15) is 16.3 Å². The standard InChI is InChI=1S/C17H14N2O4/c20-14-6-2-1-5-13(14)18-17(22)15-9-8-12(23-15)11-19-10-4-3-7-16(19)21/h1-10,20H,11H2,(H,18,22). The molecule has 0 spiro atoms. The van der Waals surface area contributed by atoms with Crippen LogP contribution in [-0.4, -0.2) is 15.6 Å². The second-order valence-corrected chi connectivity index (χ2v) is 4.90. The van der Waals surface area contributed by atoms with Crippen LogP contribution in [0.15, 0.2) is 70.0 Å². The van der Waals surface area contributed by atoms with Crippen LogP contribution in [0, 0.1) is 0 Å². The Hall–Kier alpha value is -3.28. The molecule has 0 aliphatic rings. The number of furan rings is 1. The molecular formula is C17H14N2O4. The van der Waals surface area contributed by atoms with Gasteiger partial charge in [-0.15, -0.1) is 0 Å². The number of aromatic nitrogens is 1. The molecular weight excluding hydrogens is 296 g/mol. The quantitative estimate of drug-likeness (QED) is 0.725. The average Bonchev–Trinajstić information content (AvgIpc) is 3.01. The average molecular weight is 310 g/mol. The van der Waals surface area contributed by atoms with Crippen LogP contribution in [0.5, 0.6) is 5.75 Å². The van der Waals surface area contributed by atoms with Gasteiger partial charge in [0.2, 0.25) is 0 Å². The van der Waals surface area contributed by atoms with Crippen LogP contribution in [0.4, 0.5) is 5.69 Å². The summed E-state index contributed by atoms with van der Waals surface area (Å²) >= 11 is 0. The molecule has 1 aromatic carbocycles. The van der Waals surface area contributed by atoms with E-state index in [0.717, 1.165) is 0 Å². The lowest BCUT2D eigenvalue weighted by Crippen LogP contribution is -2.18. The number of para-hydroxylation sites is 2. The molecule has 0 atom stereocenters. The third kappa shape index (κ3) is 3.32. The zero-order valence-electron chi connectivity index (χ0n) is 12.1. The topological polar surface area (TPSA) is 84.5 Å². The van der Waals surface area contributed by atoms with Crippen LogP contribution < -0.4 is 10.9 Å². The molecule has 0 bridgehead atoms. The summed E-state index contributed by atoms with van der Waals surface area (Å²) in [6, 6.07) is 14.4. The van der Waals surface area contributed by atoms with E-state index in [9.17, 15) is 14.7 Å². The molecule has 2 heterocycles. The Bertz CT molecular complexity index is 895. The fourth-order valence-corrected chi connectivity index (χ4v) is 2.11. The van der Waals surface area contributed by atoms with E-state index in [1.54, 1.807) is 42.6 Å². The highest BCUT2D eigenvalue weighted by Crippen LogP contribution is 2.22. The van der Waals surface area contributed by atoms with Gasteiger partial charge in [0.25, 0.3) is 11.5 Å². The van der Waals surface area contributed by atoms with Crippen LogP contribution >= 0.6 is 0 Å². The third-order valence-electron chi connectivity index (χ3n) is 3.26. The fraction of sp³-hybridized carbons (Fsp3) is 0.0588. The zero-order valence-corrected chi connectivity index (χ0v) is 12.1. The first-order valence-corrected chi connectivity index (χ1v) is 6.97. The number of carbonyl (C=O) groups is 1. The molecule has 0 saturated heterocycles. The first-order chi connectivity index (χ1) is 11.1. The summed E-state index contributed by atoms with van der Waals surface area (Å²) in [6.07, 6.45) is 1.65. The highest BCUT2D eigenvalue weighted by atomic mass is 16.4. The van der Waals surface area contributed by atoms with Gasteiger partial charge in [0.15, 0.2) is 5.76 Å². The maximum absolute atomic E-state index is 12.1. The van der Waals surface area contributed by atoms with Crippen LogP contribution in [0.3, 0.4) is 0 Å². The molecule has 0 aliphatic heterocycles. The predicted octanol–water partition coefficient (Wildman–Crippen LogP) is 2.45. The Labute approximate surface area is 131 Å². The van der Waals surface area contributed by atoms with E-state index in [4.69, 9.17) is 4.42 Å². The van der Waals surface area contributed by atoms with Crippen molar-refractivity contribution in [3.63, 3.8) is 0 Å². The number of hydrogen-bond acceptors (Lipinski definition) is 4. The van der Waals surface area contributed by atoms with Crippen molar-refractivity contribution in [3.05, 3.63) is 82.7 Å². The number of phenolic OH excluding ortho intramolecular Hbond substituents is 1. The molecule has 0 unspecified atom stereocenters. The number of nitrogens with one attached hydrogen (secondary N) is 1. The van der Waals surface area contributed by atoms with E-state index in [2.05, 4.69) is 5.32 Å². The van der Waals surface area contributed by atoms with Gasteiger partial charge < -0.3 is 19.4 Å². The van der Waals surface area contributed by atoms with Gasteiger partial charge in [0, 0.05) is 12.3 Å². The van der Waals surface area contributed by atoms with E-state index in [-0.39, 0.29) is 23.6 Å².